The monoisotopic (exact) mass is 257 g/mol. The van der Waals surface area contributed by atoms with Gasteiger partial charge in [-0.2, -0.15) is 0 Å². The first-order valence-corrected chi connectivity index (χ1v) is 6.04. The molecule has 1 saturated heterocycles. The summed E-state index contributed by atoms with van der Waals surface area (Å²) in [5.41, 5.74) is 4.86. The molecule has 18 heavy (non-hydrogen) atoms. The molecule has 0 bridgehead atoms. The molecule has 1 fully saturated rings. The topological polar surface area (TPSA) is 113 Å². The largest absolute Gasteiger partial charge is 0.481 e. The average molecular weight is 257 g/mol. The summed E-state index contributed by atoms with van der Waals surface area (Å²) < 4.78 is 0. The molecule has 102 valence electrons. The van der Waals surface area contributed by atoms with Gasteiger partial charge in [0.15, 0.2) is 0 Å². The van der Waals surface area contributed by atoms with Gasteiger partial charge >= 0.3 is 12.0 Å². The van der Waals surface area contributed by atoms with Crippen molar-refractivity contribution < 1.29 is 19.5 Å². The first-order chi connectivity index (χ1) is 8.49. The van der Waals surface area contributed by atoms with E-state index in [2.05, 4.69) is 0 Å². The van der Waals surface area contributed by atoms with Crippen molar-refractivity contribution in [1.82, 2.24) is 10.2 Å². The summed E-state index contributed by atoms with van der Waals surface area (Å²) in [7, 11) is 0. The van der Waals surface area contributed by atoms with E-state index in [1.807, 2.05) is 10.2 Å². The molecular weight excluding hydrogens is 238 g/mol. The van der Waals surface area contributed by atoms with Crippen LogP contribution < -0.4 is 11.1 Å². The maximum atomic E-state index is 11.4. The molecule has 1 unspecified atom stereocenters. The van der Waals surface area contributed by atoms with E-state index in [1.165, 1.54) is 0 Å². The normalized spacial score (nSPS) is 20.3. The van der Waals surface area contributed by atoms with Gasteiger partial charge in [0.1, 0.15) is 0 Å². The number of primary amides is 1. The van der Waals surface area contributed by atoms with Gasteiger partial charge in [-0.05, 0) is 25.8 Å². The van der Waals surface area contributed by atoms with Crippen molar-refractivity contribution in [1.29, 1.82) is 0 Å². The highest BCUT2D eigenvalue weighted by molar-refractivity contribution is 5.94. The van der Waals surface area contributed by atoms with Crippen LogP contribution in [0.1, 0.15) is 32.1 Å². The quantitative estimate of drug-likeness (QED) is 0.636. The number of carboxylic acid groups (broad SMARTS) is 1. The van der Waals surface area contributed by atoms with Gasteiger partial charge in [0.05, 0.1) is 6.54 Å². The third kappa shape index (κ3) is 5.13. The number of hydrogen-bond donors (Lipinski definition) is 3. The van der Waals surface area contributed by atoms with Crippen molar-refractivity contribution in [3.05, 3.63) is 0 Å². The molecule has 0 radical (unpaired) electrons. The lowest BCUT2D eigenvalue weighted by Gasteiger charge is -2.34. The summed E-state index contributed by atoms with van der Waals surface area (Å²) in [5, 5.41) is 10.7. The van der Waals surface area contributed by atoms with Crippen LogP contribution >= 0.6 is 0 Å². The first-order valence-electron chi connectivity index (χ1n) is 6.04. The van der Waals surface area contributed by atoms with Gasteiger partial charge in [0.25, 0.3) is 0 Å². The summed E-state index contributed by atoms with van der Waals surface area (Å²) in [6.45, 7) is 0.837. The van der Waals surface area contributed by atoms with Gasteiger partial charge < -0.3 is 10.8 Å². The molecule has 0 aromatic heterocycles. The molecule has 4 N–H and O–H groups in total. The Kier molecular flexibility index (Phi) is 5.57. The van der Waals surface area contributed by atoms with Crippen LogP contribution in [0, 0.1) is 0 Å². The molecule has 1 aliphatic heterocycles. The second-order valence-corrected chi connectivity index (χ2v) is 4.46. The number of aliphatic carboxylic acids is 1. The molecule has 0 aromatic rings. The van der Waals surface area contributed by atoms with Crippen LogP contribution in [0.4, 0.5) is 4.79 Å². The molecule has 7 heteroatoms. The SMILES string of the molecule is NC(=O)NC(=O)CN1CCCCC1CCC(=O)O. The second kappa shape index (κ2) is 6.95. The Morgan fingerprint density at radius 1 is 1.33 bits per heavy atom. The minimum Gasteiger partial charge on any atom is -0.481 e. The number of nitrogens with two attached hydrogens (primary N) is 1. The fraction of sp³-hybridized carbons (Fsp3) is 0.727. The number of carboxylic acids is 1. The number of likely N-dealkylation sites (tertiary alicyclic amines) is 1. The number of nitrogens with zero attached hydrogens (tertiary/aromatic N) is 1. The Morgan fingerprint density at radius 3 is 2.67 bits per heavy atom. The lowest BCUT2D eigenvalue weighted by atomic mass is 9.98. The number of piperidine rings is 1. The number of nitrogens with one attached hydrogen (secondary N) is 1. The molecule has 0 aliphatic carbocycles. The van der Waals surface area contributed by atoms with Crippen molar-refractivity contribution in [3.63, 3.8) is 0 Å². The standard InChI is InChI=1S/C11H19N3O4/c12-11(18)13-9(15)7-14-6-2-1-3-8(14)4-5-10(16)17/h8H,1-7H2,(H,16,17)(H3,12,13,15,18). The molecular formula is C11H19N3O4. The smallest absolute Gasteiger partial charge is 0.318 e. The third-order valence-corrected chi connectivity index (χ3v) is 3.05. The number of carbonyl (C=O) groups is 3. The van der Waals surface area contributed by atoms with E-state index in [0.717, 1.165) is 25.8 Å². The van der Waals surface area contributed by atoms with Crippen LogP contribution in [-0.4, -0.2) is 47.0 Å². The van der Waals surface area contributed by atoms with Crippen LogP contribution in [0.15, 0.2) is 0 Å². The minimum atomic E-state index is -0.862. The highest BCUT2D eigenvalue weighted by Gasteiger charge is 2.24. The van der Waals surface area contributed by atoms with Gasteiger partial charge in [-0.1, -0.05) is 6.42 Å². The molecule has 1 heterocycles. The zero-order chi connectivity index (χ0) is 13.5. The maximum Gasteiger partial charge on any atom is 0.318 e. The number of rotatable bonds is 5. The zero-order valence-electron chi connectivity index (χ0n) is 10.2. The van der Waals surface area contributed by atoms with Gasteiger partial charge in [-0.25, -0.2) is 4.79 Å². The summed E-state index contributed by atoms with van der Waals surface area (Å²) in [5.74, 6) is -1.27. The fourth-order valence-electron chi connectivity index (χ4n) is 2.25. The summed E-state index contributed by atoms with van der Waals surface area (Å²) in [4.78, 5) is 34.5. The van der Waals surface area contributed by atoms with E-state index < -0.39 is 17.9 Å². The summed E-state index contributed by atoms with van der Waals surface area (Å²) in [6, 6.07) is -0.771. The van der Waals surface area contributed by atoms with E-state index in [1.54, 1.807) is 0 Å². The molecule has 3 amide bonds. The summed E-state index contributed by atoms with van der Waals surface area (Å²) >= 11 is 0. The molecule has 1 rings (SSSR count). The third-order valence-electron chi connectivity index (χ3n) is 3.05. The van der Waals surface area contributed by atoms with Crippen LogP contribution in [0.2, 0.25) is 0 Å². The van der Waals surface area contributed by atoms with Gasteiger partial charge in [0, 0.05) is 12.5 Å². The van der Waals surface area contributed by atoms with E-state index in [0.29, 0.717) is 6.42 Å². The van der Waals surface area contributed by atoms with Crippen LogP contribution in [0.5, 0.6) is 0 Å². The van der Waals surface area contributed by atoms with Crippen LogP contribution in [-0.2, 0) is 9.59 Å². The van der Waals surface area contributed by atoms with Gasteiger partial charge in [0.2, 0.25) is 5.91 Å². The number of urea groups is 1. The Labute approximate surface area is 105 Å². The number of carbonyl (C=O) groups excluding carboxylic acids is 2. The number of amides is 3. The second-order valence-electron chi connectivity index (χ2n) is 4.46. The average Bonchev–Trinajstić information content (AvgIpc) is 2.26. The first kappa shape index (κ1) is 14.4. The molecule has 1 atom stereocenters. The van der Waals surface area contributed by atoms with Crippen molar-refractivity contribution in [2.24, 2.45) is 5.73 Å². The molecule has 0 saturated carbocycles. The van der Waals surface area contributed by atoms with Crippen LogP contribution in [0.3, 0.4) is 0 Å². The fourth-order valence-corrected chi connectivity index (χ4v) is 2.25. The maximum absolute atomic E-state index is 11.4. The van der Waals surface area contributed by atoms with Crippen molar-refractivity contribution >= 4 is 17.9 Å². The lowest BCUT2D eigenvalue weighted by Crippen LogP contribution is -2.47. The Morgan fingerprint density at radius 2 is 2.06 bits per heavy atom. The van der Waals surface area contributed by atoms with E-state index >= 15 is 0 Å². The predicted octanol–water partition coefficient (Wildman–Crippen LogP) is -0.0994. The highest BCUT2D eigenvalue weighted by atomic mass is 16.4. The van der Waals surface area contributed by atoms with Crippen molar-refractivity contribution in [2.75, 3.05) is 13.1 Å². The number of imide groups is 1. The van der Waals surface area contributed by atoms with E-state index in [9.17, 15) is 14.4 Å². The molecule has 0 aromatic carbocycles. The van der Waals surface area contributed by atoms with Gasteiger partial charge in [-0.15, -0.1) is 0 Å². The predicted molar refractivity (Wildman–Crippen MR) is 63.8 cm³/mol. The van der Waals surface area contributed by atoms with Crippen LogP contribution in [0.25, 0.3) is 0 Å². The Hall–Kier alpha value is -1.63. The molecule has 7 nitrogen and oxygen atoms in total. The van der Waals surface area contributed by atoms with Gasteiger partial charge in [-0.3, -0.25) is 19.8 Å². The minimum absolute atomic E-state index is 0.0905. The molecule has 0 spiro atoms. The van der Waals surface area contributed by atoms with Crippen molar-refractivity contribution in [2.45, 2.75) is 38.1 Å². The highest BCUT2D eigenvalue weighted by Crippen LogP contribution is 2.20. The number of hydrogen-bond acceptors (Lipinski definition) is 4. The Balaban J connectivity index is 2.45. The summed E-state index contributed by atoms with van der Waals surface area (Å²) in [6.07, 6.45) is 3.53. The van der Waals surface area contributed by atoms with Crippen molar-refractivity contribution in [3.8, 4) is 0 Å². The Bertz CT molecular complexity index is 332. The zero-order valence-corrected chi connectivity index (χ0v) is 10.2. The van der Waals surface area contributed by atoms with E-state index in [-0.39, 0.29) is 19.0 Å². The molecule has 1 aliphatic rings. The lowest BCUT2D eigenvalue weighted by molar-refractivity contribution is -0.137. The van der Waals surface area contributed by atoms with E-state index in [4.69, 9.17) is 10.8 Å².